The fraction of sp³-hybridized carbons (Fsp3) is 0.211. The number of nitrogens with zero attached hydrogens (tertiary/aromatic N) is 3. The maximum Gasteiger partial charge on any atom is 0.248 e. The number of nitrogens with two attached hydrogens (primary N) is 1. The third-order valence-electron chi connectivity index (χ3n) is 4.09. The summed E-state index contributed by atoms with van der Waals surface area (Å²) in [6, 6.07) is 10.5. The molecule has 0 aliphatic rings. The predicted octanol–water partition coefficient (Wildman–Crippen LogP) is 3.69. The lowest BCUT2D eigenvalue weighted by Gasteiger charge is -2.25. The van der Waals surface area contributed by atoms with E-state index in [-0.39, 0.29) is 5.82 Å². The van der Waals surface area contributed by atoms with Crippen LogP contribution in [0, 0.1) is 5.82 Å². The van der Waals surface area contributed by atoms with Crippen LogP contribution in [0.5, 0.6) is 5.75 Å². The van der Waals surface area contributed by atoms with Crippen molar-refractivity contribution >= 4 is 17.5 Å². The molecule has 3 rings (SSSR count). The van der Waals surface area contributed by atoms with Gasteiger partial charge >= 0.3 is 0 Å². The molecule has 3 aromatic rings. The van der Waals surface area contributed by atoms with Crippen molar-refractivity contribution < 1.29 is 13.9 Å². The Kier molecular flexibility index (Phi) is 4.89. The number of primary amides is 1. The van der Waals surface area contributed by atoms with Crippen LogP contribution in [0.2, 0.25) is 5.02 Å². The fourth-order valence-electron chi connectivity index (χ4n) is 2.78. The van der Waals surface area contributed by atoms with Crippen LogP contribution < -0.4 is 10.5 Å². The van der Waals surface area contributed by atoms with Crippen molar-refractivity contribution in [2.45, 2.75) is 19.4 Å². The number of aromatic nitrogens is 3. The standard InChI is InChI=1S/C19H18ClFN4O2/c1-19(2,27-13-7-5-12(21)6-8-13)18-24-23-17(25(18)3)14-9-4-11(16(22)26)10-15(14)20/h4-10H,1-3H3,(H2,22,26). The molecule has 0 atom stereocenters. The Morgan fingerprint density at radius 3 is 2.44 bits per heavy atom. The normalized spacial score (nSPS) is 11.4. The zero-order valence-corrected chi connectivity index (χ0v) is 15.8. The van der Waals surface area contributed by atoms with Crippen molar-refractivity contribution in [2.75, 3.05) is 0 Å². The summed E-state index contributed by atoms with van der Waals surface area (Å²) >= 11 is 6.29. The minimum absolute atomic E-state index is 0.311. The SMILES string of the molecule is Cn1c(-c2ccc(C(N)=O)cc2Cl)nnc1C(C)(C)Oc1ccc(F)cc1. The number of carbonyl (C=O) groups is 1. The first-order valence-corrected chi connectivity index (χ1v) is 8.51. The van der Waals surface area contributed by atoms with E-state index in [1.165, 1.54) is 18.2 Å². The van der Waals surface area contributed by atoms with Crippen molar-refractivity contribution in [1.82, 2.24) is 14.8 Å². The average Bonchev–Trinajstić information content (AvgIpc) is 2.99. The quantitative estimate of drug-likeness (QED) is 0.722. The molecule has 0 radical (unpaired) electrons. The van der Waals surface area contributed by atoms with Crippen LogP contribution in [0.1, 0.15) is 30.0 Å². The summed E-state index contributed by atoms with van der Waals surface area (Å²) in [5, 5.41) is 8.79. The summed E-state index contributed by atoms with van der Waals surface area (Å²) in [4.78, 5) is 11.3. The monoisotopic (exact) mass is 388 g/mol. The number of carbonyl (C=O) groups excluding carboxylic acids is 1. The van der Waals surface area contributed by atoms with E-state index in [9.17, 15) is 9.18 Å². The summed E-state index contributed by atoms with van der Waals surface area (Å²) in [7, 11) is 1.79. The molecule has 1 heterocycles. The second-order valence-electron chi connectivity index (χ2n) is 6.53. The number of hydrogen-bond donors (Lipinski definition) is 1. The number of benzene rings is 2. The largest absolute Gasteiger partial charge is 0.480 e. The highest BCUT2D eigenvalue weighted by atomic mass is 35.5. The van der Waals surface area contributed by atoms with Gasteiger partial charge in [0.25, 0.3) is 0 Å². The number of ether oxygens (including phenoxy) is 1. The van der Waals surface area contributed by atoms with Gasteiger partial charge in [0.05, 0.1) is 5.02 Å². The fourth-order valence-corrected chi connectivity index (χ4v) is 3.05. The van der Waals surface area contributed by atoms with Gasteiger partial charge in [-0.15, -0.1) is 10.2 Å². The minimum Gasteiger partial charge on any atom is -0.480 e. The molecule has 0 unspecified atom stereocenters. The van der Waals surface area contributed by atoms with Crippen LogP contribution in [-0.4, -0.2) is 20.7 Å². The Morgan fingerprint density at radius 1 is 1.19 bits per heavy atom. The van der Waals surface area contributed by atoms with Crippen molar-refractivity contribution in [1.29, 1.82) is 0 Å². The number of halogens is 2. The summed E-state index contributed by atoms with van der Waals surface area (Å²) in [5.41, 5.74) is 5.36. The second kappa shape index (κ2) is 7.00. The summed E-state index contributed by atoms with van der Waals surface area (Å²) < 4.78 is 20.8. The second-order valence-corrected chi connectivity index (χ2v) is 6.94. The Labute approximate surface area is 160 Å². The third kappa shape index (κ3) is 3.78. The molecule has 140 valence electrons. The molecule has 2 N–H and O–H groups in total. The van der Waals surface area contributed by atoms with Crippen LogP contribution in [0.4, 0.5) is 4.39 Å². The Morgan fingerprint density at radius 2 is 1.85 bits per heavy atom. The van der Waals surface area contributed by atoms with Gasteiger partial charge in [-0.3, -0.25) is 4.79 Å². The van der Waals surface area contributed by atoms with E-state index >= 15 is 0 Å². The van der Waals surface area contributed by atoms with Crippen LogP contribution >= 0.6 is 11.6 Å². The molecule has 0 spiro atoms. The number of amides is 1. The molecule has 0 aliphatic carbocycles. The van der Waals surface area contributed by atoms with E-state index < -0.39 is 11.5 Å². The summed E-state index contributed by atoms with van der Waals surface area (Å²) in [5.74, 6) is 0.680. The van der Waals surface area contributed by atoms with Gasteiger partial charge in [0.1, 0.15) is 11.6 Å². The van der Waals surface area contributed by atoms with Crippen LogP contribution in [-0.2, 0) is 12.6 Å². The van der Waals surface area contributed by atoms with E-state index in [2.05, 4.69) is 10.2 Å². The molecule has 0 fully saturated rings. The van der Waals surface area contributed by atoms with Gasteiger partial charge in [-0.05, 0) is 56.3 Å². The first-order chi connectivity index (χ1) is 12.7. The highest BCUT2D eigenvalue weighted by Crippen LogP contribution is 2.31. The molecule has 1 aromatic heterocycles. The number of rotatable bonds is 5. The van der Waals surface area contributed by atoms with Gasteiger partial charge in [-0.2, -0.15) is 0 Å². The molecule has 0 saturated heterocycles. The zero-order chi connectivity index (χ0) is 19.8. The maximum atomic E-state index is 13.1. The molecule has 0 saturated carbocycles. The molecule has 0 aliphatic heterocycles. The lowest BCUT2D eigenvalue weighted by atomic mass is 10.1. The van der Waals surface area contributed by atoms with Gasteiger partial charge in [-0.1, -0.05) is 11.6 Å². The number of hydrogen-bond acceptors (Lipinski definition) is 4. The van der Waals surface area contributed by atoms with Gasteiger partial charge in [0.2, 0.25) is 5.91 Å². The summed E-state index contributed by atoms with van der Waals surface area (Å²) in [6.45, 7) is 3.67. The lowest BCUT2D eigenvalue weighted by Crippen LogP contribution is -2.29. The molecule has 2 aromatic carbocycles. The molecule has 6 nitrogen and oxygen atoms in total. The average molecular weight is 389 g/mol. The Balaban J connectivity index is 1.94. The smallest absolute Gasteiger partial charge is 0.248 e. The predicted molar refractivity (Wildman–Crippen MR) is 100 cm³/mol. The van der Waals surface area contributed by atoms with Gasteiger partial charge in [-0.25, -0.2) is 4.39 Å². The Hall–Kier alpha value is -2.93. The highest BCUT2D eigenvalue weighted by Gasteiger charge is 2.30. The van der Waals surface area contributed by atoms with E-state index in [1.807, 2.05) is 13.8 Å². The Bertz CT molecular complexity index is 999. The van der Waals surface area contributed by atoms with Gasteiger partial charge in [0.15, 0.2) is 17.2 Å². The minimum atomic E-state index is -0.836. The van der Waals surface area contributed by atoms with Crippen molar-refractivity contribution in [3.63, 3.8) is 0 Å². The van der Waals surface area contributed by atoms with Gasteiger partial charge in [0, 0.05) is 18.2 Å². The van der Waals surface area contributed by atoms with Crippen LogP contribution in [0.3, 0.4) is 0 Å². The molecule has 27 heavy (non-hydrogen) atoms. The molecule has 8 heteroatoms. The van der Waals surface area contributed by atoms with Gasteiger partial charge < -0.3 is 15.0 Å². The van der Waals surface area contributed by atoms with E-state index in [0.29, 0.717) is 33.5 Å². The third-order valence-corrected chi connectivity index (χ3v) is 4.41. The maximum absolute atomic E-state index is 13.1. The first kappa shape index (κ1) is 18.8. The molecule has 0 bridgehead atoms. The van der Waals surface area contributed by atoms with E-state index in [4.69, 9.17) is 22.1 Å². The summed E-state index contributed by atoms with van der Waals surface area (Å²) in [6.07, 6.45) is 0. The van der Waals surface area contributed by atoms with E-state index in [1.54, 1.807) is 35.9 Å². The highest BCUT2D eigenvalue weighted by molar-refractivity contribution is 6.33. The molecule has 1 amide bonds. The first-order valence-electron chi connectivity index (χ1n) is 8.13. The van der Waals surface area contributed by atoms with Crippen LogP contribution in [0.15, 0.2) is 42.5 Å². The van der Waals surface area contributed by atoms with Crippen molar-refractivity contribution in [3.05, 3.63) is 64.7 Å². The topological polar surface area (TPSA) is 83.0 Å². The lowest BCUT2D eigenvalue weighted by molar-refractivity contribution is 0.0948. The van der Waals surface area contributed by atoms with Crippen molar-refractivity contribution in [2.24, 2.45) is 12.8 Å². The van der Waals surface area contributed by atoms with Crippen LogP contribution in [0.25, 0.3) is 11.4 Å². The zero-order valence-electron chi connectivity index (χ0n) is 15.0. The van der Waals surface area contributed by atoms with Crippen molar-refractivity contribution in [3.8, 4) is 17.1 Å². The van der Waals surface area contributed by atoms with E-state index in [0.717, 1.165) is 0 Å². The molecular formula is C19H18ClFN4O2. The molecular weight excluding hydrogens is 371 g/mol.